The second kappa shape index (κ2) is 4.27. The third-order valence-corrected chi connectivity index (χ3v) is 3.29. The summed E-state index contributed by atoms with van der Waals surface area (Å²) < 4.78 is 13.1. The molecule has 3 heteroatoms. The fourth-order valence-electron chi connectivity index (χ4n) is 2.23. The van der Waals surface area contributed by atoms with Crippen molar-refractivity contribution >= 4 is 0 Å². The van der Waals surface area contributed by atoms with E-state index in [4.69, 9.17) is 0 Å². The van der Waals surface area contributed by atoms with Gasteiger partial charge >= 0.3 is 0 Å². The molecule has 1 fully saturated rings. The Morgan fingerprint density at radius 3 is 2.73 bits per heavy atom. The lowest BCUT2D eigenvalue weighted by molar-refractivity contribution is 0.367. The van der Waals surface area contributed by atoms with Crippen molar-refractivity contribution in [1.82, 2.24) is 10.3 Å². The molecule has 2 rings (SSSR count). The first-order valence-corrected chi connectivity index (χ1v) is 5.50. The Morgan fingerprint density at radius 1 is 1.47 bits per heavy atom. The summed E-state index contributed by atoms with van der Waals surface area (Å²) in [5.41, 5.74) is 0.955. The Labute approximate surface area is 89.9 Å². The zero-order chi connectivity index (χ0) is 10.8. The molecule has 15 heavy (non-hydrogen) atoms. The summed E-state index contributed by atoms with van der Waals surface area (Å²) in [5.74, 6) is 1.10. The predicted octanol–water partition coefficient (Wildman–Crippen LogP) is 2.53. The van der Waals surface area contributed by atoms with Crippen LogP contribution < -0.4 is 5.32 Å². The topological polar surface area (TPSA) is 24.9 Å². The van der Waals surface area contributed by atoms with E-state index in [9.17, 15) is 4.39 Å². The van der Waals surface area contributed by atoms with E-state index in [0.717, 1.165) is 11.5 Å². The third kappa shape index (κ3) is 2.34. The van der Waals surface area contributed by atoms with Crippen molar-refractivity contribution in [3.05, 3.63) is 29.8 Å². The van der Waals surface area contributed by atoms with Gasteiger partial charge in [0.05, 0.1) is 6.20 Å². The second-order valence-corrected chi connectivity index (χ2v) is 4.40. The number of nitrogens with one attached hydrogen (secondary N) is 1. The van der Waals surface area contributed by atoms with Crippen LogP contribution in [-0.4, -0.2) is 12.0 Å². The summed E-state index contributed by atoms with van der Waals surface area (Å²) >= 11 is 0. The summed E-state index contributed by atoms with van der Waals surface area (Å²) in [4.78, 5) is 3.90. The van der Waals surface area contributed by atoms with Crippen LogP contribution in [-0.2, 0) is 0 Å². The molecule has 0 radical (unpaired) electrons. The standard InChI is InChI=1S/C12H17FN2/c1-8(9-3-4-9)12(14-2)10-5-11(13)7-15-6-10/h5-9,12,14H,3-4H2,1-2H3. The van der Waals surface area contributed by atoms with Crippen LogP contribution in [0.2, 0.25) is 0 Å². The molecule has 1 aliphatic rings. The molecule has 2 atom stereocenters. The van der Waals surface area contributed by atoms with Gasteiger partial charge in [-0.15, -0.1) is 0 Å². The largest absolute Gasteiger partial charge is 0.313 e. The lowest BCUT2D eigenvalue weighted by atomic mass is 9.92. The first kappa shape index (κ1) is 10.6. The third-order valence-electron chi connectivity index (χ3n) is 3.29. The van der Waals surface area contributed by atoms with Gasteiger partial charge in [0.15, 0.2) is 0 Å². The molecule has 0 saturated heterocycles. The van der Waals surface area contributed by atoms with Crippen LogP contribution in [0.5, 0.6) is 0 Å². The van der Waals surface area contributed by atoms with Crippen molar-refractivity contribution in [3.8, 4) is 0 Å². The van der Waals surface area contributed by atoms with E-state index >= 15 is 0 Å². The van der Waals surface area contributed by atoms with Crippen molar-refractivity contribution in [1.29, 1.82) is 0 Å². The second-order valence-electron chi connectivity index (χ2n) is 4.40. The van der Waals surface area contributed by atoms with Gasteiger partial charge in [-0.25, -0.2) is 4.39 Å². The van der Waals surface area contributed by atoms with Crippen LogP contribution in [0.25, 0.3) is 0 Å². The molecule has 0 spiro atoms. The lowest BCUT2D eigenvalue weighted by Gasteiger charge is -2.23. The Kier molecular flexibility index (Phi) is 3.00. The Bertz CT molecular complexity index is 336. The molecule has 1 N–H and O–H groups in total. The monoisotopic (exact) mass is 208 g/mol. The number of hydrogen-bond acceptors (Lipinski definition) is 2. The van der Waals surface area contributed by atoms with Crippen LogP contribution in [0.1, 0.15) is 31.4 Å². The normalized spacial score (nSPS) is 19.9. The van der Waals surface area contributed by atoms with Gasteiger partial charge in [0.25, 0.3) is 0 Å². The van der Waals surface area contributed by atoms with Gasteiger partial charge in [-0.1, -0.05) is 6.92 Å². The van der Waals surface area contributed by atoms with E-state index in [1.165, 1.54) is 19.0 Å². The van der Waals surface area contributed by atoms with E-state index in [0.29, 0.717) is 5.92 Å². The van der Waals surface area contributed by atoms with Crippen LogP contribution >= 0.6 is 0 Å². The highest BCUT2D eigenvalue weighted by atomic mass is 19.1. The van der Waals surface area contributed by atoms with Gasteiger partial charge in [0.1, 0.15) is 5.82 Å². The van der Waals surface area contributed by atoms with Crippen molar-refractivity contribution in [2.75, 3.05) is 7.05 Å². The average molecular weight is 208 g/mol. The Morgan fingerprint density at radius 2 is 2.20 bits per heavy atom. The fourth-order valence-corrected chi connectivity index (χ4v) is 2.23. The van der Waals surface area contributed by atoms with Crippen molar-refractivity contribution < 1.29 is 4.39 Å². The van der Waals surface area contributed by atoms with Crippen molar-refractivity contribution in [3.63, 3.8) is 0 Å². The van der Waals surface area contributed by atoms with Gasteiger partial charge in [0, 0.05) is 12.2 Å². The number of pyridine rings is 1. The van der Waals surface area contributed by atoms with Crippen LogP contribution in [0, 0.1) is 17.7 Å². The van der Waals surface area contributed by atoms with Gasteiger partial charge in [0.2, 0.25) is 0 Å². The van der Waals surface area contributed by atoms with Crippen LogP contribution in [0.15, 0.2) is 18.5 Å². The first-order chi connectivity index (χ1) is 7.22. The minimum atomic E-state index is -0.254. The lowest BCUT2D eigenvalue weighted by Crippen LogP contribution is -2.25. The molecule has 0 aliphatic heterocycles. The molecule has 1 aromatic rings. The number of hydrogen-bond donors (Lipinski definition) is 1. The zero-order valence-electron chi connectivity index (χ0n) is 9.20. The van der Waals surface area contributed by atoms with Crippen LogP contribution in [0.4, 0.5) is 4.39 Å². The summed E-state index contributed by atoms with van der Waals surface area (Å²) in [5, 5.41) is 3.26. The summed E-state index contributed by atoms with van der Waals surface area (Å²) in [6.45, 7) is 2.23. The molecule has 0 aromatic carbocycles. The minimum Gasteiger partial charge on any atom is -0.313 e. The molecule has 1 saturated carbocycles. The highest BCUT2D eigenvalue weighted by molar-refractivity contribution is 5.16. The summed E-state index contributed by atoms with van der Waals surface area (Å²) in [7, 11) is 1.93. The van der Waals surface area contributed by atoms with Crippen molar-refractivity contribution in [2.45, 2.75) is 25.8 Å². The van der Waals surface area contributed by atoms with E-state index in [-0.39, 0.29) is 11.9 Å². The smallest absolute Gasteiger partial charge is 0.141 e. The highest BCUT2D eigenvalue weighted by Gasteiger charge is 2.33. The maximum Gasteiger partial charge on any atom is 0.141 e. The van der Waals surface area contributed by atoms with Gasteiger partial charge in [-0.3, -0.25) is 4.98 Å². The minimum absolute atomic E-state index is 0.223. The molecular formula is C12H17FN2. The number of aromatic nitrogens is 1. The zero-order valence-corrected chi connectivity index (χ0v) is 9.20. The van der Waals surface area contributed by atoms with Gasteiger partial charge in [-0.2, -0.15) is 0 Å². The average Bonchev–Trinajstić information content (AvgIpc) is 3.02. The van der Waals surface area contributed by atoms with Crippen LogP contribution in [0.3, 0.4) is 0 Å². The van der Waals surface area contributed by atoms with E-state index in [1.54, 1.807) is 12.3 Å². The molecule has 2 unspecified atom stereocenters. The Hall–Kier alpha value is -0.960. The predicted molar refractivity (Wildman–Crippen MR) is 57.9 cm³/mol. The first-order valence-electron chi connectivity index (χ1n) is 5.50. The molecule has 1 aromatic heterocycles. The van der Waals surface area contributed by atoms with E-state index in [2.05, 4.69) is 17.2 Å². The van der Waals surface area contributed by atoms with Crippen molar-refractivity contribution in [2.24, 2.45) is 11.8 Å². The fraction of sp³-hybridized carbons (Fsp3) is 0.583. The number of nitrogens with zero attached hydrogens (tertiary/aromatic N) is 1. The maximum absolute atomic E-state index is 13.1. The molecule has 0 bridgehead atoms. The summed E-state index contributed by atoms with van der Waals surface area (Å²) in [6, 6.07) is 1.80. The van der Waals surface area contributed by atoms with Gasteiger partial charge < -0.3 is 5.32 Å². The molecule has 1 heterocycles. The molecule has 2 nitrogen and oxygen atoms in total. The summed E-state index contributed by atoms with van der Waals surface area (Å²) in [6.07, 6.45) is 5.62. The highest BCUT2D eigenvalue weighted by Crippen LogP contribution is 2.42. The van der Waals surface area contributed by atoms with E-state index < -0.39 is 0 Å². The molecule has 1 aliphatic carbocycles. The quantitative estimate of drug-likeness (QED) is 0.822. The molecular weight excluding hydrogens is 191 g/mol. The van der Waals surface area contributed by atoms with Gasteiger partial charge in [-0.05, 0) is 43.4 Å². The maximum atomic E-state index is 13.1. The Balaban J connectivity index is 2.17. The molecule has 0 amide bonds. The van der Waals surface area contributed by atoms with E-state index in [1.807, 2.05) is 7.05 Å². The number of halogens is 1. The SMILES string of the molecule is CNC(c1cncc(F)c1)C(C)C1CC1. The number of rotatable bonds is 4. The molecule has 82 valence electrons.